The molecule has 0 saturated carbocycles. The molecule has 0 saturated heterocycles. The molecule has 158 valence electrons. The van der Waals surface area contributed by atoms with Gasteiger partial charge in [-0.15, -0.1) is 0 Å². The van der Waals surface area contributed by atoms with Gasteiger partial charge in [0, 0.05) is 22.0 Å². The van der Waals surface area contributed by atoms with Crippen LogP contribution in [0.1, 0.15) is 16.8 Å². The van der Waals surface area contributed by atoms with E-state index in [0.29, 0.717) is 20.6 Å². The zero-order chi connectivity index (χ0) is 21.9. The van der Waals surface area contributed by atoms with E-state index >= 15 is 0 Å². The maximum absolute atomic E-state index is 13.5. The van der Waals surface area contributed by atoms with Gasteiger partial charge in [-0.05, 0) is 36.4 Å². The van der Waals surface area contributed by atoms with E-state index in [-0.39, 0.29) is 5.56 Å². The Morgan fingerprint density at radius 1 is 1.17 bits per heavy atom. The molecule has 2 aromatic carbocycles. The SMILES string of the molecule is Cn1nc(C(F)(F)F)c(CO/N=C/c2c(Cl)cccc2Cl)c1Sc1ccc(Br)cc1. The van der Waals surface area contributed by atoms with Crippen molar-refractivity contribution < 1.29 is 18.0 Å². The van der Waals surface area contributed by atoms with Crippen molar-refractivity contribution in [2.75, 3.05) is 0 Å². The maximum Gasteiger partial charge on any atom is 0.435 e. The highest BCUT2D eigenvalue weighted by molar-refractivity contribution is 9.10. The molecule has 0 spiro atoms. The zero-order valence-corrected chi connectivity index (χ0v) is 19.2. The summed E-state index contributed by atoms with van der Waals surface area (Å²) in [6.45, 7) is -0.430. The summed E-state index contributed by atoms with van der Waals surface area (Å²) in [5.74, 6) is 0. The van der Waals surface area contributed by atoms with Crippen molar-refractivity contribution in [2.45, 2.75) is 22.7 Å². The van der Waals surface area contributed by atoms with Gasteiger partial charge in [-0.3, -0.25) is 4.68 Å². The number of aromatic nitrogens is 2. The molecule has 0 aliphatic heterocycles. The number of aryl methyl sites for hydroxylation is 1. The maximum atomic E-state index is 13.5. The van der Waals surface area contributed by atoms with Crippen LogP contribution in [-0.2, 0) is 24.7 Å². The first-order chi connectivity index (χ1) is 14.2. The van der Waals surface area contributed by atoms with Gasteiger partial charge in [0.05, 0.1) is 21.8 Å². The van der Waals surface area contributed by atoms with Gasteiger partial charge in [0.2, 0.25) is 0 Å². The molecule has 3 rings (SSSR count). The fourth-order valence-corrected chi connectivity index (χ4v) is 4.18. The van der Waals surface area contributed by atoms with Crippen LogP contribution in [0.4, 0.5) is 13.2 Å². The lowest BCUT2D eigenvalue weighted by atomic mass is 10.2. The van der Waals surface area contributed by atoms with Crippen LogP contribution >= 0.6 is 50.9 Å². The van der Waals surface area contributed by atoms with Gasteiger partial charge in [0.1, 0.15) is 11.6 Å². The fourth-order valence-electron chi connectivity index (χ4n) is 2.48. The summed E-state index contributed by atoms with van der Waals surface area (Å²) in [5, 5.41) is 8.38. The Morgan fingerprint density at radius 3 is 2.40 bits per heavy atom. The Kier molecular flexibility index (Phi) is 7.38. The van der Waals surface area contributed by atoms with Crippen LogP contribution in [0.2, 0.25) is 10.0 Å². The second kappa shape index (κ2) is 9.64. The second-order valence-corrected chi connectivity index (χ2v) is 8.75. The number of alkyl halides is 3. The first kappa shape index (κ1) is 23.0. The average Bonchev–Trinajstić information content (AvgIpc) is 2.98. The van der Waals surface area contributed by atoms with Gasteiger partial charge < -0.3 is 4.84 Å². The largest absolute Gasteiger partial charge is 0.435 e. The number of benzene rings is 2. The number of nitrogens with zero attached hydrogens (tertiary/aromatic N) is 3. The van der Waals surface area contributed by atoms with E-state index < -0.39 is 18.5 Å². The summed E-state index contributed by atoms with van der Waals surface area (Å²) in [4.78, 5) is 5.91. The minimum atomic E-state index is -4.63. The second-order valence-electron chi connectivity index (χ2n) is 5.95. The Hall–Kier alpha value is -1.68. The van der Waals surface area contributed by atoms with Crippen LogP contribution < -0.4 is 0 Å². The van der Waals surface area contributed by atoms with Gasteiger partial charge in [-0.25, -0.2) is 0 Å². The molecule has 4 nitrogen and oxygen atoms in total. The quantitative estimate of drug-likeness (QED) is 0.246. The Balaban J connectivity index is 1.86. The summed E-state index contributed by atoms with van der Waals surface area (Å²) in [6, 6.07) is 12.1. The number of halogens is 6. The Bertz CT molecular complexity index is 1050. The normalized spacial score (nSPS) is 12.0. The Morgan fingerprint density at radius 2 is 1.80 bits per heavy atom. The van der Waals surface area contributed by atoms with Gasteiger partial charge in [0.25, 0.3) is 0 Å². The molecule has 1 heterocycles. The molecular formula is C19H13BrCl2F3N3OS. The molecule has 11 heteroatoms. The first-order valence-corrected chi connectivity index (χ1v) is 10.7. The lowest BCUT2D eigenvalue weighted by molar-refractivity contribution is -0.142. The average molecular weight is 539 g/mol. The molecule has 30 heavy (non-hydrogen) atoms. The van der Waals surface area contributed by atoms with Crippen molar-refractivity contribution in [3.8, 4) is 0 Å². The third kappa shape index (κ3) is 5.51. The van der Waals surface area contributed by atoms with Crippen LogP contribution in [-0.4, -0.2) is 16.0 Å². The summed E-state index contributed by atoms with van der Waals surface area (Å²) < 4.78 is 42.5. The van der Waals surface area contributed by atoms with E-state index in [1.165, 1.54) is 17.9 Å². The summed E-state index contributed by atoms with van der Waals surface area (Å²) in [7, 11) is 1.45. The van der Waals surface area contributed by atoms with E-state index in [0.717, 1.165) is 21.1 Å². The molecule has 0 fully saturated rings. The lowest BCUT2D eigenvalue weighted by Crippen LogP contribution is -2.10. The van der Waals surface area contributed by atoms with Crippen molar-refractivity contribution in [3.05, 3.63) is 73.8 Å². The first-order valence-electron chi connectivity index (χ1n) is 8.32. The zero-order valence-electron chi connectivity index (χ0n) is 15.3. The van der Waals surface area contributed by atoms with E-state index in [1.54, 1.807) is 42.5 Å². The van der Waals surface area contributed by atoms with Gasteiger partial charge in [-0.2, -0.15) is 18.3 Å². The molecule has 0 amide bonds. The summed E-state index contributed by atoms with van der Waals surface area (Å²) >= 11 is 16.6. The van der Waals surface area contributed by atoms with Crippen molar-refractivity contribution in [1.29, 1.82) is 0 Å². The van der Waals surface area contributed by atoms with Crippen LogP contribution in [0.15, 0.2) is 62.0 Å². The molecule has 0 bridgehead atoms. The van der Waals surface area contributed by atoms with E-state index in [4.69, 9.17) is 28.0 Å². The molecule has 0 N–H and O–H groups in total. The van der Waals surface area contributed by atoms with Crippen LogP contribution in [0.25, 0.3) is 0 Å². The highest BCUT2D eigenvalue weighted by Crippen LogP contribution is 2.39. The summed E-state index contributed by atoms with van der Waals surface area (Å²) in [5.41, 5.74) is -0.719. The topological polar surface area (TPSA) is 39.4 Å². The van der Waals surface area contributed by atoms with Gasteiger partial charge >= 0.3 is 6.18 Å². The third-order valence-corrected chi connectivity index (χ3v) is 6.25. The van der Waals surface area contributed by atoms with Crippen molar-refractivity contribution in [2.24, 2.45) is 12.2 Å². The third-order valence-electron chi connectivity index (χ3n) is 3.85. The van der Waals surface area contributed by atoms with Crippen LogP contribution in [0, 0.1) is 0 Å². The lowest BCUT2D eigenvalue weighted by Gasteiger charge is -2.08. The molecule has 0 atom stereocenters. The van der Waals surface area contributed by atoms with Crippen molar-refractivity contribution in [1.82, 2.24) is 9.78 Å². The van der Waals surface area contributed by atoms with Gasteiger partial charge in [-0.1, -0.05) is 62.1 Å². The van der Waals surface area contributed by atoms with E-state index in [1.807, 2.05) is 0 Å². The highest BCUT2D eigenvalue weighted by atomic mass is 79.9. The highest BCUT2D eigenvalue weighted by Gasteiger charge is 2.39. The summed E-state index contributed by atoms with van der Waals surface area (Å²) in [6.07, 6.45) is -3.37. The molecule has 0 aliphatic carbocycles. The molecule has 1 aromatic heterocycles. The van der Waals surface area contributed by atoms with E-state index in [2.05, 4.69) is 26.2 Å². The molecule has 0 unspecified atom stereocenters. The van der Waals surface area contributed by atoms with Crippen LogP contribution in [0.3, 0.4) is 0 Å². The molecule has 0 aliphatic rings. The minimum absolute atomic E-state index is 0.111. The molecule has 3 aromatic rings. The monoisotopic (exact) mass is 537 g/mol. The number of hydrogen-bond acceptors (Lipinski definition) is 4. The van der Waals surface area contributed by atoms with Crippen molar-refractivity contribution >= 4 is 57.1 Å². The standard InChI is InChI=1S/C19H13BrCl2F3N3OS/c1-28-18(30-12-7-5-11(20)6-8-12)14(17(27-28)19(23,24)25)10-29-26-9-13-15(21)3-2-4-16(13)22/h2-9H,10H2,1H3/b26-9+. The molecule has 0 radical (unpaired) electrons. The minimum Gasteiger partial charge on any atom is -0.391 e. The van der Waals surface area contributed by atoms with Gasteiger partial charge in [0.15, 0.2) is 5.69 Å². The number of rotatable bonds is 6. The number of oxime groups is 1. The van der Waals surface area contributed by atoms with Crippen molar-refractivity contribution in [3.63, 3.8) is 0 Å². The predicted molar refractivity (Wildman–Crippen MR) is 115 cm³/mol. The fraction of sp³-hybridized carbons (Fsp3) is 0.158. The Labute approximate surface area is 193 Å². The number of hydrogen-bond donors (Lipinski definition) is 0. The van der Waals surface area contributed by atoms with Crippen LogP contribution in [0.5, 0.6) is 0 Å². The van der Waals surface area contributed by atoms with E-state index in [9.17, 15) is 13.2 Å². The smallest absolute Gasteiger partial charge is 0.391 e. The predicted octanol–water partition coefficient (Wildman–Crippen LogP) is 7.21. The molecular weight excluding hydrogens is 526 g/mol.